The SMILES string of the molecule is O=C(O)c1cccc(-c2nc(Br)c3n2CCCC3)c1. The first-order chi connectivity index (χ1) is 9.16. The van der Waals surface area contributed by atoms with Crippen LogP contribution in [0, 0.1) is 0 Å². The Morgan fingerprint density at radius 1 is 1.37 bits per heavy atom. The molecule has 2 aromatic rings. The van der Waals surface area contributed by atoms with Crippen LogP contribution in [0.3, 0.4) is 0 Å². The lowest BCUT2D eigenvalue weighted by Crippen LogP contribution is -2.11. The molecule has 1 N–H and O–H groups in total. The van der Waals surface area contributed by atoms with E-state index < -0.39 is 5.97 Å². The van der Waals surface area contributed by atoms with Gasteiger partial charge >= 0.3 is 5.97 Å². The van der Waals surface area contributed by atoms with Crippen molar-refractivity contribution in [2.75, 3.05) is 0 Å². The van der Waals surface area contributed by atoms with E-state index in [1.54, 1.807) is 18.2 Å². The maximum atomic E-state index is 11.0. The van der Waals surface area contributed by atoms with Crippen LogP contribution in [0.4, 0.5) is 0 Å². The molecule has 1 aromatic heterocycles. The Balaban J connectivity index is 2.12. The highest BCUT2D eigenvalue weighted by atomic mass is 79.9. The van der Waals surface area contributed by atoms with Crippen molar-refractivity contribution in [1.82, 2.24) is 9.55 Å². The Hall–Kier alpha value is -1.62. The molecule has 0 atom stereocenters. The summed E-state index contributed by atoms with van der Waals surface area (Å²) in [5.41, 5.74) is 2.36. The average Bonchev–Trinajstić information content (AvgIpc) is 2.77. The predicted octanol–water partition coefficient (Wildman–Crippen LogP) is 3.35. The molecule has 19 heavy (non-hydrogen) atoms. The van der Waals surface area contributed by atoms with E-state index in [1.807, 2.05) is 6.07 Å². The minimum Gasteiger partial charge on any atom is -0.478 e. The zero-order valence-electron chi connectivity index (χ0n) is 10.3. The molecule has 0 spiro atoms. The third-order valence-corrected chi connectivity index (χ3v) is 4.07. The first-order valence-corrected chi connectivity index (χ1v) is 7.05. The number of carbonyl (C=O) groups is 1. The van der Waals surface area contributed by atoms with Crippen LogP contribution in [0.15, 0.2) is 28.9 Å². The summed E-state index contributed by atoms with van der Waals surface area (Å²) in [6.07, 6.45) is 3.34. The van der Waals surface area contributed by atoms with E-state index in [0.29, 0.717) is 5.56 Å². The number of nitrogens with zero attached hydrogens (tertiary/aromatic N) is 2. The Kier molecular flexibility index (Phi) is 3.14. The number of benzene rings is 1. The van der Waals surface area contributed by atoms with Gasteiger partial charge in [-0.15, -0.1) is 0 Å². The van der Waals surface area contributed by atoms with Crippen LogP contribution in [0.25, 0.3) is 11.4 Å². The van der Waals surface area contributed by atoms with Crippen molar-refractivity contribution in [3.8, 4) is 11.4 Å². The van der Waals surface area contributed by atoms with Crippen LogP contribution in [-0.2, 0) is 13.0 Å². The van der Waals surface area contributed by atoms with Gasteiger partial charge in [-0.05, 0) is 47.3 Å². The number of imidazole rings is 1. The van der Waals surface area contributed by atoms with Gasteiger partial charge in [0.15, 0.2) is 0 Å². The predicted molar refractivity (Wildman–Crippen MR) is 75.3 cm³/mol. The first-order valence-electron chi connectivity index (χ1n) is 6.25. The molecular weight excluding hydrogens is 308 g/mol. The van der Waals surface area contributed by atoms with Gasteiger partial charge in [0.1, 0.15) is 10.4 Å². The van der Waals surface area contributed by atoms with E-state index >= 15 is 0 Å². The summed E-state index contributed by atoms with van der Waals surface area (Å²) in [7, 11) is 0. The first kappa shape index (κ1) is 12.4. The van der Waals surface area contributed by atoms with Gasteiger partial charge in [-0.2, -0.15) is 0 Å². The molecule has 1 aliphatic rings. The van der Waals surface area contributed by atoms with Crippen LogP contribution < -0.4 is 0 Å². The second kappa shape index (κ2) is 4.81. The van der Waals surface area contributed by atoms with E-state index in [4.69, 9.17) is 5.11 Å². The van der Waals surface area contributed by atoms with Crippen molar-refractivity contribution in [3.63, 3.8) is 0 Å². The molecule has 0 bridgehead atoms. The molecule has 1 aromatic carbocycles. The summed E-state index contributed by atoms with van der Waals surface area (Å²) >= 11 is 3.50. The van der Waals surface area contributed by atoms with Gasteiger partial charge < -0.3 is 9.67 Å². The highest BCUT2D eigenvalue weighted by Crippen LogP contribution is 2.30. The zero-order chi connectivity index (χ0) is 13.4. The summed E-state index contributed by atoms with van der Waals surface area (Å²) in [6, 6.07) is 6.94. The molecule has 2 heterocycles. The molecule has 0 aliphatic carbocycles. The Bertz CT molecular complexity index is 649. The molecule has 4 nitrogen and oxygen atoms in total. The van der Waals surface area contributed by atoms with Gasteiger partial charge in [-0.1, -0.05) is 12.1 Å². The van der Waals surface area contributed by atoms with E-state index in [-0.39, 0.29) is 0 Å². The fourth-order valence-electron chi connectivity index (χ4n) is 2.51. The van der Waals surface area contributed by atoms with Gasteiger partial charge in [-0.25, -0.2) is 9.78 Å². The Morgan fingerprint density at radius 2 is 2.21 bits per heavy atom. The molecule has 0 unspecified atom stereocenters. The van der Waals surface area contributed by atoms with Crippen molar-refractivity contribution >= 4 is 21.9 Å². The molecule has 3 rings (SSSR count). The topological polar surface area (TPSA) is 55.1 Å². The van der Waals surface area contributed by atoms with Crippen molar-refractivity contribution in [1.29, 1.82) is 0 Å². The zero-order valence-corrected chi connectivity index (χ0v) is 11.9. The Labute approximate surface area is 119 Å². The minimum absolute atomic E-state index is 0.293. The lowest BCUT2D eigenvalue weighted by molar-refractivity contribution is 0.0697. The molecule has 0 fully saturated rings. The molecule has 1 aliphatic heterocycles. The number of aromatic nitrogens is 2. The third kappa shape index (κ3) is 2.18. The number of hydrogen-bond donors (Lipinski definition) is 1. The maximum Gasteiger partial charge on any atom is 0.335 e. The average molecular weight is 321 g/mol. The van der Waals surface area contributed by atoms with E-state index in [0.717, 1.165) is 35.4 Å². The van der Waals surface area contributed by atoms with Crippen LogP contribution in [0.1, 0.15) is 28.9 Å². The molecule has 0 radical (unpaired) electrons. The number of fused-ring (bicyclic) bond motifs is 1. The van der Waals surface area contributed by atoms with E-state index in [2.05, 4.69) is 25.5 Å². The lowest BCUT2D eigenvalue weighted by atomic mass is 10.1. The Morgan fingerprint density at radius 3 is 3.00 bits per heavy atom. The van der Waals surface area contributed by atoms with Crippen LogP contribution in [-0.4, -0.2) is 20.6 Å². The molecule has 0 amide bonds. The van der Waals surface area contributed by atoms with Crippen molar-refractivity contribution < 1.29 is 9.90 Å². The number of rotatable bonds is 2. The lowest BCUT2D eigenvalue weighted by Gasteiger charge is -2.16. The van der Waals surface area contributed by atoms with Gasteiger partial charge in [0.25, 0.3) is 0 Å². The largest absolute Gasteiger partial charge is 0.478 e. The number of carboxylic acids is 1. The molecule has 0 saturated carbocycles. The summed E-state index contributed by atoms with van der Waals surface area (Å²) in [5, 5.41) is 9.06. The standard InChI is InChI=1S/C14H13BrN2O2/c15-12-11-6-1-2-7-17(11)13(16-12)9-4-3-5-10(8-9)14(18)19/h3-5,8H,1-2,6-7H2,(H,18,19). The number of aromatic carboxylic acids is 1. The fraction of sp³-hybridized carbons (Fsp3) is 0.286. The van der Waals surface area contributed by atoms with Crippen molar-refractivity contribution in [2.45, 2.75) is 25.8 Å². The molecule has 0 saturated heterocycles. The van der Waals surface area contributed by atoms with Crippen molar-refractivity contribution in [2.24, 2.45) is 0 Å². The molecule has 98 valence electrons. The van der Waals surface area contributed by atoms with Gasteiger partial charge in [-0.3, -0.25) is 0 Å². The fourth-order valence-corrected chi connectivity index (χ4v) is 3.09. The van der Waals surface area contributed by atoms with E-state index in [9.17, 15) is 4.79 Å². The summed E-state index contributed by atoms with van der Waals surface area (Å²) in [5.74, 6) is -0.0592. The number of halogens is 1. The number of hydrogen-bond acceptors (Lipinski definition) is 2. The molecule has 5 heteroatoms. The number of carboxylic acid groups (broad SMARTS) is 1. The van der Waals surface area contributed by atoms with Gasteiger partial charge in [0.2, 0.25) is 0 Å². The van der Waals surface area contributed by atoms with E-state index in [1.165, 1.54) is 12.1 Å². The second-order valence-electron chi connectivity index (χ2n) is 4.67. The smallest absolute Gasteiger partial charge is 0.335 e. The van der Waals surface area contributed by atoms with Crippen molar-refractivity contribution in [3.05, 3.63) is 40.1 Å². The monoisotopic (exact) mass is 320 g/mol. The maximum absolute atomic E-state index is 11.0. The second-order valence-corrected chi connectivity index (χ2v) is 5.42. The normalized spacial score (nSPS) is 14.2. The van der Waals surface area contributed by atoms with Gasteiger partial charge in [0.05, 0.1) is 11.3 Å². The summed E-state index contributed by atoms with van der Waals surface area (Å²) in [6.45, 7) is 0.945. The summed E-state index contributed by atoms with van der Waals surface area (Å²) < 4.78 is 3.07. The highest BCUT2D eigenvalue weighted by molar-refractivity contribution is 9.10. The van der Waals surface area contributed by atoms with Gasteiger partial charge in [0, 0.05) is 12.1 Å². The summed E-state index contributed by atoms with van der Waals surface area (Å²) in [4.78, 5) is 15.6. The minimum atomic E-state index is -0.911. The highest BCUT2D eigenvalue weighted by Gasteiger charge is 2.19. The molecular formula is C14H13BrN2O2. The van der Waals surface area contributed by atoms with Crippen LogP contribution >= 0.6 is 15.9 Å². The van der Waals surface area contributed by atoms with Crippen LogP contribution in [0.5, 0.6) is 0 Å². The van der Waals surface area contributed by atoms with Crippen LogP contribution in [0.2, 0.25) is 0 Å². The quantitative estimate of drug-likeness (QED) is 0.923. The third-order valence-electron chi connectivity index (χ3n) is 3.44.